The van der Waals surface area contributed by atoms with E-state index in [2.05, 4.69) is 4.98 Å². The van der Waals surface area contributed by atoms with Gasteiger partial charge in [-0.25, -0.2) is 18.5 Å². The smallest absolute Gasteiger partial charge is 0.257 e. The summed E-state index contributed by atoms with van der Waals surface area (Å²) < 4.78 is 23.9. The summed E-state index contributed by atoms with van der Waals surface area (Å²) in [5, 5.41) is 4.95. The number of aryl methyl sites for hydroxylation is 1. The number of primary sulfonamides is 1. The zero-order chi connectivity index (χ0) is 10.3. The molecule has 0 spiro atoms. The molecule has 2 N–H and O–H groups in total. The van der Waals surface area contributed by atoms with Crippen LogP contribution in [0.2, 0.25) is 0 Å². The van der Waals surface area contributed by atoms with Crippen molar-refractivity contribution in [3.05, 3.63) is 12.0 Å². The maximum Gasteiger partial charge on any atom is 0.257 e. The molecule has 0 aromatic carbocycles. The van der Waals surface area contributed by atoms with Gasteiger partial charge in [-0.1, -0.05) is 0 Å². The fraction of sp³-hybridized carbons (Fsp3) is 0.625. The molecule has 0 saturated heterocycles. The Hall–Kier alpha value is -0.880. The van der Waals surface area contributed by atoms with Gasteiger partial charge in [0.15, 0.2) is 5.03 Å². The Labute approximate surface area is 83.0 Å². The minimum atomic E-state index is -3.65. The van der Waals surface area contributed by atoms with E-state index in [1.165, 1.54) is 19.0 Å². The molecule has 0 radical (unpaired) electrons. The molecule has 1 aliphatic carbocycles. The van der Waals surface area contributed by atoms with Gasteiger partial charge in [-0.2, -0.15) is 0 Å². The molecule has 6 heteroatoms. The number of sulfonamides is 1. The third kappa shape index (κ3) is 1.96. The Morgan fingerprint density at radius 2 is 2.29 bits per heavy atom. The van der Waals surface area contributed by atoms with Crippen LogP contribution in [0.3, 0.4) is 0 Å². The highest BCUT2D eigenvalue weighted by Gasteiger charge is 2.23. The highest BCUT2D eigenvalue weighted by Crippen LogP contribution is 2.31. The van der Waals surface area contributed by atoms with E-state index < -0.39 is 10.0 Å². The molecule has 78 valence electrons. The van der Waals surface area contributed by atoms with Crippen LogP contribution in [-0.4, -0.2) is 18.0 Å². The first kappa shape index (κ1) is 9.67. The highest BCUT2D eigenvalue weighted by molar-refractivity contribution is 7.89. The van der Waals surface area contributed by atoms with Crippen LogP contribution in [0, 0.1) is 12.8 Å². The molecule has 1 aromatic rings. The molecule has 0 amide bonds. The van der Waals surface area contributed by atoms with Crippen molar-refractivity contribution >= 4 is 10.0 Å². The standard InChI is InChI=1S/C8H13N3O2S/c1-6-10-8(14(9,12)13)5-11(6)4-7-2-3-7/h5,7H,2-4H2,1H3,(H2,9,12,13). The van der Waals surface area contributed by atoms with Gasteiger partial charge in [-0.15, -0.1) is 0 Å². The minimum absolute atomic E-state index is 0.0318. The molecule has 0 aliphatic heterocycles. The molecule has 14 heavy (non-hydrogen) atoms. The maximum atomic E-state index is 11.0. The van der Waals surface area contributed by atoms with Gasteiger partial charge in [0.1, 0.15) is 5.82 Å². The van der Waals surface area contributed by atoms with E-state index in [0.717, 1.165) is 6.54 Å². The van der Waals surface area contributed by atoms with E-state index in [1.54, 1.807) is 6.92 Å². The van der Waals surface area contributed by atoms with Crippen LogP contribution in [0.4, 0.5) is 0 Å². The summed E-state index contributed by atoms with van der Waals surface area (Å²) in [6.45, 7) is 2.64. The Balaban J connectivity index is 2.28. The van der Waals surface area contributed by atoms with Gasteiger partial charge in [-0.3, -0.25) is 0 Å². The van der Waals surface area contributed by atoms with Crippen LogP contribution < -0.4 is 5.14 Å². The summed E-state index contributed by atoms with van der Waals surface area (Å²) in [6.07, 6.45) is 3.97. The molecular weight excluding hydrogens is 202 g/mol. The van der Waals surface area contributed by atoms with Gasteiger partial charge < -0.3 is 4.57 Å². The summed E-state index contributed by atoms with van der Waals surface area (Å²) in [6, 6.07) is 0. The van der Waals surface area contributed by atoms with Gasteiger partial charge >= 0.3 is 0 Å². The second kappa shape index (κ2) is 3.06. The summed E-state index contributed by atoms with van der Waals surface area (Å²) in [5.41, 5.74) is 0. The number of nitrogens with two attached hydrogens (primary N) is 1. The fourth-order valence-corrected chi connectivity index (χ4v) is 1.91. The predicted molar refractivity (Wildman–Crippen MR) is 51.1 cm³/mol. The third-order valence-corrected chi connectivity index (χ3v) is 3.18. The lowest BCUT2D eigenvalue weighted by Crippen LogP contribution is -2.12. The van der Waals surface area contributed by atoms with Crippen LogP contribution in [-0.2, 0) is 16.6 Å². The zero-order valence-electron chi connectivity index (χ0n) is 7.97. The van der Waals surface area contributed by atoms with Crippen molar-refractivity contribution in [1.82, 2.24) is 9.55 Å². The van der Waals surface area contributed by atoms with Crippen molar-refractivity contribution in [2.24, 2.45) is 11.1 Å². The van der Waals surface area contributed by atoms with Crippen LogP contribution in [0.25, 0.3) is 0 Å². The van der Waals surface area contributed by atoms with Crippen molar-refractivity contribution in [2.45, 2.75) is 31.3 Å². The van der Waals surface area contributed by atoms with Crippen molar-refractivity contribution in [3.8, 4) is 0 Å². The molecule has 1 heterocycles. The van der Waals surface area contributed by atoms with Crippen LogP contribution in [0.5, 0.6) is 0 Å². The molecule has 1 fully saturated rings. The average molecular weight is 215 g/mol. The van der Waals surface area contributed by atoms with Gasteiger partial charge in [0.25, 0.3) is 10.0 Å². The molecule has 2 rings (SSSR count). The topological polar surface area (TPSA) is 78.0 Å². The van der Waals surface area contributed by atoms with E-state index in [-0.39, 0.29) is 5.03 Å². The van der Waals surface area contributed by atoms with E-state index in [0.29, 0.717) is 11.7 Å². The number of nitrogens with zero attached hydrogens (tertiary/aromatic N) is 2. The lowest BCUT2D eigenvalue weighted by Gasteiger charge is -2.00. The van der Waals surface area contributed by atoms with Crippen molar-refractivity contribution < 1.29 is 8.42 Å². The SMILES string of the molecule is Cc1nc(S(N)(=O)=O)cn1CC1CC1. The monoisotopic (exact) mass is 215 g/mol. The molecule has 1 saturated carbocycles. The third-order valence-electron chi connectivity index (χ3n) is 2.40. The van der Waals surface area contributed by atoms with Gasteiger partial charge in [0.05, 0.1) is 0 Å². The fourth-order valence-electron chi connectivity index (χ4n) is 1.38. The van der Waals surface area contributed by atoms with Crippen molar-refractivity contribution in [1.29, 1.82) is 0 Å². The summed E-state index contributed by atoms with van der Waals surface area (Å²) in [4.78, 5) is 3.91. The predicted octanol–water partition coefficient (Wildman–Crippen LogP) is 0.249. The molecular formula is C8H13N3O2S. The van der Waals surface area contributed by atoms with Crippen LogP contribution in [0.15, 0.2) is 11.2 Å². The average Bonchev–Trinajstić information content (AvgIpc) is 2.76. The minimum Gasteiger partial charge on any atom is -0.333 e. The molecule has 0 unspecified atom stereocenters. The first-order valence-electron chi connectivity index (χ1n) is 4.53. The number of rotatable bonds is 3. The lowest BCUT2D eigenvalue weighted by molar-refractivity contribution is 0.593. The van der Waals surface area contributed by atoms with E-state index in [1.807, 2.05) is 4.57 Å². The Kier molecular flexibility index (Phi) is 2.11. The zero-order valence-corrected chi connectivity index (χ0v) is 8.79. The van der Waals surface area contributed by atoms with E-state index in [9.17, 15) is 8.42 Å². The Morgan fingerprint density at radius 1 is 1.64 bits per heavy atom. The molecule has 5 nitrogen and oxygen atoms in total. The molecule has 0 atom stereocenters. The summed E-state index contributed by atoms with van der Waals surface area (Å²) in [5.74, 6) is 1.40. The van der Waals surface area contributed by atoms with Gasteiger partial charge in [0.2, 0.25) is 0 Å². The molecule has 0 bridgehead atoms. The number of hydrogen-bond donors (Lipinski definition) is 1. The second-order valence-electron chi connectivity index (χ2n) is 3.77. The van der Waals surface area contributed by atoms with Crippen molar-refractivity contribution in [3.63, 3.8) is 0 Å². The second-order valence-corrected chi connectivity index (χ2v) is 5.28. The van der Waals surface area contributed by atoms with Crippen LogP contribution in [0.1, 0.15) is 18.7 Å². The first-order valence-corrected chi connectivity index (χ1v) is 6.08. The van der Waals surface area contributed by atoms with Gasteiger partial charge in [0, 0.05) is 12.7 Å². The number of imidazole rings is 1. The molecule has 1 aliphatic rings. The quantitative estimate of drug-likeness (QED) is 0.785. The largest absolute Gasteiger partial charge is 0.333 e. The van der Waals surface area contributed by atoms with E-state index in [4.69, 9.17) is 5.14 Å². The highest BCUT2D eigenvalue weighted by atomic mass is 32.2. The number of aromatic nitrogens is 2. The lowest BCUT2D eigenvalue weighted by atomic mass is 10.4. The Bertz CT molecular complexity index is 445. The van der Waals surface area contributed by atoms with Crippen LogP contribution >= 0.6 is 0 Å². The first-order chi connectivity index (χ1) is 6.47. The number of hydrogen-bond acceptors (Lipinski definition) is 3. The van der Waals surface area contributed by atoms with E-state index >= 15 is 0 Å². The maximum absolute atomic E-state index is 11.0. The summed E-state index contributed by atoms with van der Waals surface area (Å²) in [7, 11) is -3.65. The Morgan fingerprint density at radius 3 is 2.71 bits per heavy atom. The summed E-state index contributed by atoms with van der Waals surface area (Å²) >= 11 is 0. The molecule has 1 aromatic heterocycles. The van der Waals surface area contributed by atoms with Crippen molar-refractivity contribution in [2.75, 3.05) is 0 Å². The van der Waals surface area contributed by atoms with Gasteiger partial charge in [-0.05, 0) is 25.7 Å². The normalized spacial score (nSPS) is 17.3.